The second-order valence-electron chi connectivity index (χ2n) is 6.12. The van der Waals surface area contributed by atoms with Crippen molar-refractivity contribution in [3.63, 3.8) is 0 Å². The molecule has 0 aromatic heterocycles. The summed E-state index contributed by atoms with van der Waals surface area (Å²) in [4.78, 5) is 25.2. The summed E-state index contributed by atoms with van der Waals surface area (Å²) in [6.45, 7) is 1.49. The van der Waals surface area contributed by atoms with Gasteiger partial charge in [0.1, 0.15) is 11.6 Å². The van der Waals surface area contributed by atoms with Crippen molar-refractivity contribution in [2.24, 2.45) is 0 Å². The van der Waals surface area contributed by atoms with Crippen molar-refractivity contribution in [3.05, 3.63) is 63.7 Å². The molecule has 0 bridgehead atoms. The molecule has 1 amide bonds. The average molecular weight is 361 g/mol. The van der Waals surface area contributed by atoms with E-state index < -0.39 is 22.5 Å². The Morgan fingerprint density at radius 2 is 1.69 bits per heavy atom. The minimum Gasteiger partial charge on any atom is -0.371 e. The fourth-order valence-electron chi connectivity index (χ4n) is 3.05. The first-order chi connectivity index (χ1) is 12.4. The number of rotatable bonds is 4. The van der Waals surface area contributed by atoms with Crippen molar-refractivity contribution in [2.75, 3.05) is 23.3 Å². The molecule has 0 radical (unpaired) electrons. The normalized spacial score (nSPS) is 14.2. The third kappa shape index (κ3) is 3.96. The summed E-state index contributed by atoms with van der Waals surface area (Å²) >= 11 is 0. The van der Waals surface area contributed by atoms with Crippen molar-refractivity contribution in [1.82, 2.24) is 0 Å². The number of piperidine rings is 1. The van der Waals surface area contributed by atoms with Gasteiger partial charge >= 0.3 is 0 Å². The topological polar surface area (TPSA) is 75.5 Å². The number of nitro benzene ring substituents is 1. The van der Waals surface area contributed by atoms with Crippen LogP contribution in [0, 0.1) is 21.7 Å². The summed E-state index contributed by atoms with van der Waals surface area (Å²) in [5.41, 5.74) is 0.403. The Labute approximate surface area is 148 Å². The van der Waals surface area contributed by atoms with Crippen LogP contribution in [0.4, 0.5) is 25.8 Å². The first-order valence-electron chi connectivity index (χ1n) is 8.25. The molecule has 3 rings (SSSR count). The highest BCUT2D eigenvalue weighted by molar-refractivity contribution is 6.08. The zero-order valence-corrected chi connectivity index (χ0v) is 13.9. The third-order valence-electron chi connectivity index (χ3n) is 4.25. The van der Waals surface area contributed by atoms with Gasteiger partial charge in [-0.3, -0.25) is 14.9 Å². The second-order valence-corrected chi connectivity index (χ2v) is 6.12. The number of nitro groups is 1. The summed E-state index contributed by atoms with van der Waals surface area (Å²) in [5.74, 6) is -2.30. The number of carbonyl (C=O) groups excluding carboxylic acids is 1. The molecule has 1 saturated heterocycles. The third-order valence-corrected chi connectivity index (χ3v) is 4.25. The van der Waals surface area contributed by atoms with Gasteiger partial charge in [-0.05, 0) is 37.5 Å². The van der Waals surface area contributed by atoms with Crippen LogP contribution in [-0.4, -0.2) is 23.9 Å². The number of anilines is 2. The molecule has 1 aliphatic heterocycles. The van der Waals surface area contributed by atoms with Crippen LogP contribution in [0.15, 0.2) is 36.4 Å². The van der Waals surface area contributed by atoms with Crippen LogP contribution in [0.2, 0.25) is 0 Å². The Balaban J connectivity index is 1.95. The Hall–Kier alpha value is -3.03. The van der Waals surface area contributed by atoms with E-state index in [1.165, 1.54) is 12.1 Å². The lowest BCUT2D eigenvalue weighted by atomic mass is 10.1. The van der Waals surface area contributed by atoms with Crippen LogP contribution in [-0.2, 0) is 0 Å². The van der Waals surface area contributed by atoms with Crippen molar-refractivity contribution >= 4 is 23.0 Å². The molecule has 6 nitrogen and oxygen atoms in total. The molecule has 26 heavy (non-hydrogen) atoms. The lowest BCUT2D eigenvalue weighted by Crippen LogP contribution is -2.31. The molecule has 0 saturated carbocycles. The second kappa shape index (κ2) is 7.47. The molecule has 1 N–H and O–H groups in total. The van der Waals surface area contributed by atoms with Gasteiger partial charge in [0.2, 0.25) is 0 Å². The number of nitrogens with one attached hydrogen (secondary N) is 1. The van der Waals surface area contributed by atoms with Gasteiger partial charge in [-0.15, -0.1) is 0 Å². The summed E-state index contributed by atoms with van der Waals surface area (Å²) < 4.78 is 26.7. The van der Waals surface area contributed by atoms with Gasteiger partial charge in [-0.1, -0.05) is 0 Å². The molecule has 0 unspecified atom stereocenters. The Morgan fingerprint density at radius 1 is 1.04 bits per heavy atom. The number of hydrogen-bond donors (Lipinski definition) is 1. The molecule has 1 fully saturated rings. The molecule has 8 heteroatoms. The summed E-state index contributed by atoms with van der Waals surface area (Å²) in [7, 11) is 0. The summed E-state index contributed by atoms with van der Waals surface area (Å²) in [6.07, 6.45) is 3.02. The van der Waals surface area contributed by atoms with Crippen LogP contribution in [0.25, 0.3) is 0 Å². The van der Waals surface area contributed by atoms with Crippen LogP contribution in [0.5, 0.6) is 0 Å². The van der Waals surface area contributed by atoms with Gasteiger partial charge in [-0.25, -0.2) is 8.78 Å². The van der Waals surface area contributed by atoms with E-state index in [-0.39, 0.29) is 16.9 Å². The zero-order chi connectivity index (χ0) is 18.7. The number of carbonyl (C=O) groups is 1. The van der Waals surface area contributed by atoms with Gasteiger partial charge < -0.3 is 10.2 Å². The molecule has 2 aromatic rings. The van der Waals surface area contributed by atoms with Crippen LogP contribution in [0.3, 0.4) is 0 Å². The minimum atomic E-state index is -0.824. The van der Waals surface area contributed by atoms with Gasteiger partial charge in [0.05, 0.1) is 16.2 Å². The summed E-state index contributed by atoms with van der Waals surface area (Å²) in [6, 6.07) is 6.75. The number of nitrogens with zero attached hydrogens (tertiary/aromatic N) is 2. The zero-order valence-electron chi connectivity index (χ0n) is 13.9. The Kier molecular flexibility index (Phi) is 5.11. The lowest BCUT2D eigenvalue weighted by molar-refractivity contribution is -0.384. The number of hydrogen-bond acceptors (Lipinski definition) is 4. The van der Waals surface area contributed by atoms with Gasteiger partial charge in [0.25, 0.3) is 11.6 Å². The van der Waals surface area contributed by atoms with Crippen LogP contribution in [0.1, 0.15) is 29.6 Å². The van der Waals surface area contributed by atoms with E-state index in [0.717, 1.165) is 44.5 Å². The Morgan fingerprint density at radius 3 is 2.31 bits per heavy atom. The van der Waals surface area contributed by atoms with E-state index in [4.69, 9.17) is 0 Å². The van der Waals surface area contributed by atoms with Crippen molar-refractivity contribution in [2.45, 2.75) is 19.3 Å². The molecular formula is C18H17F2N3O3. The monoisotopic (exact) mass is 361 g/mol. The van der Waals surface area contributed by atoms with E-state index in [9.17, 15) is 23.7 Å². The van der Waals surface area contributed by atoms with Crippen LogP contribution >= 0.6 is 0 Å². The lowest BCUT2D eigenvalue weighted by Gasteiger charge is -2.30. The highest BCUT2D eigenvalue weighted by Crippen LogP contribution is 2.29. The van der Waals surface area contributed by atoms with E-state index in [1.54, 1.807) is 6.07 Å². The van der Waals surface area contributed by atoms with E-state index in [0.29, 0.717) is 11.8 Å². The number of non-ortho nitro benzene ring substituents is 1. The summed E-state index contributed by atoms with van der Waals surface area (Å²) in [5, 5.41) is 13.5. The minimum absolute atomic E-state index is 0.0522. The number of amides is 1. The number of benzene rings is 2. The van der Waals surface area contributed by atoms with Gasteiger partial charge in [0, 0.05) is 37.0 Å². The van der Waals surface area contributed by atoms with Crippen molar-refractivity contribution < 1.29 is 18.5 Å². The fourth-order valence-corrected chi connectivity index (χ4v) is 3.05. The van der Waals surface area contributed by atoms with Gasteiger partial charge in [0.15, 0.2) is 0 Å². The average Bonchev–Trinajstić information content (AvgIpc) is 2.61. The maximum Gasteiger partial charge on any atom is 0.270 e. The molecule has 0 atom stereocenters. The number of halogens is 2. The van der Waals surface area contributed by atoms with E-state index in [1.807, 2.05) is 4.90 Å². The van der Waals surface area contributed by atoms with E-state index >= 15 is 0 Å². The quantitative estimate of drug-likeness (QED) is 0.657. The first kappa shape index (κ1) is 17.8. The predicted octanol–water partition coefficient (Wildman–Crippen LogP) is 4.12. The highest BCUT2D eigenvalue weighted by atomic mass is 19.1. The van der Waals surface area contributed by atoms with Gasteiger partial charge in [-0.2, -0.15) is 0 Å². The molecular weight excluding hydrogens is 344 g/mol. The maximum atomic E-state index is 13.3. The molecule has 1 aliphatic rings. The molecule has 2 aromatic carbocycles. The molecule has 0 spiro atoms. The van der Waals surface area contributed by atoms with E-state index in [2.05, 4.69) is 5.32 Å². The molecule has 0 aliphatic carbocycles. The standard InChI is InChI=1S/C18H17F2N3O3/c19-12-8-13(20)10-14(9-12)21-18(24)16-11-15(23(25)26)4-5-17(16)22-6-2-1-3-7-22/h4-5,8-11H,1-3,6-7H2,(H,21,24). The largest absolute Gasteiger partial charge is 0.371 e. The smallest absolute Gasteiger partial charge is 0.270 e. The molecule has 1 heterocycles. The Bertz CT molecular complexity index is 831. The molecule has 136 valence electrons. The van der Waals surface area contributed by atoms with Crippen molar-refractivity contribution in [1.29, 1.82) is 0 Å². The van der Waals surface area contributed by atoms with Crippen molar-refractivity contribution in [3.8, 4) is 0 Å². The highest BCUT2D eigenvalue weighted by Gasteiger charge is 2.22. The van der Waals surface area contributed by atoms with Crippen LogP contribution < -0.4 is 10.2 Å². The SMILES string of the molecule is O=C(Nc1cc(F)cc(F)c1)c1cc([N+](=O)[O-])ccc1N1CCCCC1. The predicted molar refractivity (Wildman–Crippen MR) is 93.5 cm³/mol. The fraction of sp³-hybridized carbons (Fsp3) is 0.278. The maximum absolute atomic E-state index is 13.3. The first-order valence-corrected chi connectivity index (χ1v) is 8.25.